The summed E-state index contributed by atoms with van der Waals surface area (Å²) in [5.74, 6) is -0.293. The van der Waals surface area contributed by atoms with Gasteiger partial charge >= 0.3 is 5.97 Å². The Morgan fingerprint density at radius 3 is 2.41 bits per heavy atom. The molecular weight excluding hydrogens is 216 g/mol. The maximum absolute atomic E-state index is 11.6. The molecule has 1 aromatic rings. The van der Waals surface area contributed by atoms with E-state index in [2.05, 4.69) is 6.92 Å². The molecule has 0 radical (unpaired) electrons. The predicted octanol–water partition coefficient (Wildman–Crippen LogP) is 1.95. The number of hydrogen-bond acceptors (Lipinski definition) is 4. The minimum Gasteiger partial charge on any atom is -0.462 e. The van der Waals surface area contributed by atoms with Crippen LogP contribution in [0.2, 0.25) is 0 Å². The molecule has 4 heteroatoms. The molecule has 0 aliphatic heterocycles. The first-order valence-corrected chi connectivity index (χ1v) is 5.93. The lowest BCUT2D eigenvalue weighted by Crippen LogP contribution is -2.20. The largest absolute Gasteiger partial charge is 0.462 e. The first kappa shape index (κ1) is 13.7. The van der Waals surface area contributed by atoms with Crippen LogP contribution in [0.1, 0.15) is 48.3 Å². The first-order chi connectivity index (χ1) is 8.15. The molecule has 0 aliphatic carbocycles. The van der Waals surface area contributed by atoms with Gasteiger partial charge in [0.15, 0.2) is 0 Å². The van der Waals surface area contributed by atoms with Crippen molar-refractivity contribution in [2.45, 2.75) is 32.4 Å². The van der Waals surface area contributed by atoms with Gasteiger partial charge in [0, 0.05) is 0 Å². The maximum atomic E-state index is 11.6. The summed E-state index contributed by atoms with van der Waals surface area (Å²) in [6.45, 7) is 2.58. The number of nitrogens with two attached hydrogens (primary N) is 2. The van der Waals surface area contributed by atoms with E-state index in [9.17, 15) is 4.79 Å². The zero-order valence-electron chi connectivity index (χ0n) is 10.2. The third kappa shape index (κ3) is 4.54. The van der Waals surface area contributed by atoms with Crippen molar-refractivity contribution in [3.63, 3.8) is 0 Å². The van der Waals surface area contributed by atoms with Gasteiger partial charge in [-0.1, -0.05) is 31.9 Å². The van der Waals surface area contributed by atoms with Gasteiger partial charge in [0.1, 0.15) is 0 Å². The number of carbonyl (C=O) groups excluding carboxylic acids is 1. The Bertz CT molecular complexity index is 347. The highest BCUT2D eigenvalue weighted by Crippen LogP contribution is 2.09. The molecule has 0 amide bonds. The van der Waals surface area contributed by atoms with Crippen molar-refractivity contribution in [1.29, 1.82) is 0 Å². The minimum atomic E-state index is -0.510. The summed E-state index contributed by atoms with van der Waals surface area (Å²) < 4.78 is 5.13. The Morgan fingerprint density at radius 2 is 1.88 bits per heavy atom. The SMILES string of the molecule is CCCCCOC(=O)c1ccc(C(N)N)cc1. The smallest absolute Gasteiger partial charge is 0.338 e. The lowest BCUT2D eigenvalue weighted by Gasteiger charge is -2.07. The van der Waals surface area contributed by atoms with Gasteiger partial charge in [0.25, 0.3) is 0 Å². The van der Waals surface area contributed by atoms with E-state index < -0.39 is 6.17 Å². The van der Waals surface area contributed by atoms with Crippen molar-refractivity contribution in [3.05, 3.63) is 35.4 Å². The van der Waals surface area contributed by atoms with Crippen molar-refractivity contribution in [3.8, 4) is 0 Å². The Morgan fingerprint density at radius 1 is 1.24 bits per heavy atom. The van der Waals surface area contributed by atoms with Gasteiger partial charge in [-0.25, -0.2) is 4.79 Å². The lowest BCUT2D eigenvalue weighted by atomic mass is 10.1. The van der Waals surface area contributed by atoms with E-state index in [1.165, 1.54) is 0 Å². The highest BCUT2D eigenvalue weighted by atomic mass is 16.5. The second-order valence-electron chi connectivity index (χ2n) is 3.99. The summed E-state index contributed by atoms with van der Waals surface area (Å²) in [5.41, 5.74) is 12.4. The third-order valence-corrected chi connectivity index (χ3v) is 2.51. The summed E-state index contributed by atoms with van der Waals surface area (Å²) in [5, 5.41) is 0. The average molecular weight is 236 g/mol. The summed E-state index contributed by atoms with van der Waals surface area (Å²) >= 11 is 0. The molecular formula is C13H20N2O2. The van der Waals surface area contributed by atoms with Gasteiger partial charge in [-0.05, 0) is 24.1 Å². The van der Waals surface area contributed by atoms with Gasteiger partial charge in [0.2, 0.25) is 0 Å². The normalized spacial score (nSPS) is 10.6. The van der Waals surface area contributed by atoms with Crippen molar-refractivity contribution in [1.82, 2.24) is 0 Å². The van der Waals surface area contributed by atoms with E-state index in [-0.39, 0.29) is 5.97 Å². The highest BCUT2D eigenvalue weighted by Gasteiger charge is 2.07. The summed E-state index contributed by atoms with van der Waals surface area (Å²) in [6.07, 6.45) is 2.59. The number of unbranched alkanes of at least 4 members (excludes halogenated alkanes) is 2. The Hall–Kier alpha value is -1.39. The van der Waals surface area contributed by atoms with Gasteiger partial charge in [0.05, 0.1) is 18.3 Å². The highest BCUT2D eigenvalue weighted by molar-refractivity contribution is 5.89. The first-order valence-electron chi connectivity index (χ1n) is 5.93. The van der Waals surface area contributed by atoms with E-state index >= 15 is 0 Å². The lowest BCUT2D eigenvalue weighted by molar-refractivity contribution is 0.0498. The van der Waals surface area contributed by atoms with Crippen LogP contribution in [0.25, 0.3) is 0 Å². The number of carbonyl (C=O) groups is 1. The fraction of sp³-hybridized carbons (Fsp3) is 0.462. The van der Waals surface area contributed by atoms with Gasteiger partial charge < -0.3 is 16.2 Å². The maximum Gasteiger partial charge on any atom is 0.338 e. The zero-order chi connectivity index (χ0) is 12.7. The summed E-state index contributed by atoms with van der Waals surface area (Å²) in [7, 11) is 0. The van der Waals surface area contributed by atoms with E-state index in [1.54, 1.807) is 24.3 Å². The number of hydrogen-bond donors (Lipinski definition) is 2. The third-order valence-electron chi connectivity index (χ3n) is 2.51. The van der Waals surface area contributed by atoms with E-state index in [0.717, 1.165) is 24.8 Å². The van der Waals surface area contributed by atoms with Crippen molar-refractivity contribution in [2.75, 3.05) is 6.61 Å². The molecule has 0 spiro atoms. The van der Waals surface area contributed by atoms with Crippen LogP contribution in [0.3, 0.4) is 0 Å². The van der Waals surface area contributed by atoms with Crippen molar-refractivity contribution < 1.29 is 9.53 Å². The molecule has 0 heterocycles. The number of rotatable bonds is 6. The van der Waals surface area contributed by atoms with E-state index in [4.69, 9.17) is 16.2 Å². The molecule has 94 valence electrons. The zero-order valence-corrected chi connectivity index (χ0v) is 10.2. The van der Waals surface area contributed by atoms with Gasteiger partial charge in [-0.15, -0.1) is 0 Å². The molecule has 4 nitrogen and oxygen atoms in total. The van der Waals surface area contributed by atoms with E-state index in [1.807, 2.05) is 0 Å². The van der Waals surface area contributed by atoms with Crippen LogP contribution in [0.15, 0.2) is 24.3 Å². The fourth-order valence-electron chi connectivity index (χ4n) is 1.44. The Balaban J connectivity index is 2.46. The van der Waals surface area contributed by atoms with Crippen LogP contribution >= 0.6 is 0 Å². The molecule has 1 rings (SSSR count). The molecule has 4 N–H and O–H groups in total. The molecule has 0 fully saturated rings. The molecule has 1 aromatic carbocycles. The molecule has 0 saturated carbocycles. The average Bonchev–Trinajstić information content (AvgIpc) is 2.34. The quantitative estimate of drug-likeness (QED) is 0.449. The standard InChI is InChI=1S/C13H20N2O2/c1-2-3-4-9-17-13(16)11-7-5-10(6-8-11)12(14)15/h5-8,12H,2-4,9,14-15H2,1H3. The van der Waals surface area contributed by atoms with Gasteiger partial charge in [-0.3, -0.25) is 0 Å². The monoisotopic (exact) mass is 236 g/mol. The van der Waals surface area contributed by atoms with E-state index in [0.29, 0.717) is 12.2 Å². The topological polar surface area (TPSA) is 78.3 Å². The second kappa shape index (κ2) is 7.04. The summed E-state index contributed by atoms with van der Waals surface area (Å²) in [6, 6.07) is 6.86. The Labute approximate surface area is 102 Å². The van der Waals surface area contributed by atoms with Crippen LogP contribution in [0, 0.1) is 0 Å². The summed E-state index contributed by atoms with van der Waals surface area (Å²) in [4.78, 5) is 11.6. The van der Waals surface area contributed by atoms with Crippen LogP contribution in [-0.4, -0.2) is 12.6 Å². The molecule has 0 aromatic heterocycles. The number of benzene rings is 1. The predicted molar refractivity (Wildman–Crippen MR) is 67.4 cm³/mol. The molecule has 0 bridgehead atoms. The molecule has 17 heavy (non-hydrogen) atoms. The molecule has 0 saturated heterocycles. The molecule has 0 atom stereocenters. The van der Waals surface area contributed by atoms with Crippen molar-refractivity contribution in [2.24, 2.45) is 11.5 Å². The van der Waals surface area contributed by atoms with Crippen LogP contribution < -0.4 is 11.5 Å². The number of esters is 1. The van der Waals surface area contributed by atoms with Crippen LogP contribution in [0.5, 0.6) is 0 Å². The second-order valence-corrected chi connectivity index (χ2v) is 3.99. The van der Waals surface area contributed by atoms with Crippen molar-refractivity contribution >= 4 is 5.97 Å². The Kier molecular flexibility index (Phi) is 5.66. The van der Waals surface area contributed by atoms with Crippen LogP contribution in [-0.2, 0) is 4.74 Å². The minimum absolute atomic E-state index is 0.293. The van der Waals surface area contributed by atoms with Crippen LogP contribution in [0.4, 0.5) is 0 Å². The van der Waals surface area contributed by atoms with Gasteiger partial charge in [-0.2, -0.15) is 0 Å². The molecule has 0 unspecified atom stereocenters. The fourth-order valence-corrected chi connectivity index (χ4v) is 1.44. The molecule has 0 aliphatic rings. The number of ether oxygens (including phenoxy) is 1.